The maximum Gasteiger partial charge on any atom is 0.325 e. The van der Waals surface area contributed by atoms with Gasteiger partial charge in [-0.1, -0.05) is 74.5 Å². The average molecular weight is 296 g/mol. The molecule has 2 aromatic carbocycles. The van der Waals surface area contributed by atoms with Gasteiger partial charge in [0.05, 0.1) is 0 Å². The number of urea groups is 1. The van der Waals surface area contributed by atoms with Crippen LogP contribution in [-0.2, 0) is 10.3 Å². The number of nitrogens with one attached hydrogen (secondary N) is 1. The van der Waals surface area contributed by atoms with E-state index in [4.69, 9.17) is 0 Å². The molecular formula is C18H20N2O2. The third kappa shape index (κ3) is 2.37. The smallest absolute Gasteiger partial charge is 0.316 e. The average Bonchev–Trinajstić information content (AvgIpc) is 2.83. The number of hydrogen-bond donors (Lipinski definition) is 1. The molecule has 0 aromatic heterocycles. The van der Waals surface area contributed by atoms with Gasteiger partial charge in [0.15, 0.2) is 5.54 Å². The van der Waals surface area contributed by atoms with Crippen LogP contribution in [0.5, 0.6) is 0 Å². The lowest BCUT2D eigenvalue weighted by Gasteiger charge is -2.27. The molecule has 1 fully saturated rings. The Labute approximate surface area is 130 Å². The summed E-state index contributed by atoms with van der Waals surface area (Å²) in [6.45, 7) is 4.00. The van der Waals surface area contributed by atoms with Crippen LogP contribution in [0.15, 0.2) is 60.7 Å². The van der Waals surface area contributed by atoms with Crippen LogP contribution in [0.4, 0.5) is 4.79 Å². The standard InChI is InChI=1S/C16H14N2O2.C2H6/c1-18-14(19)16(17-15(18)20,12-8-4-2-5-9-12)13-10-6-3-7-11-13;1-2/h2-11H,1H3,(H,17,20);1-2H3. The van der Waals surface area contributed by atoms with Gasteiger partial charge < -0.3 is 5.32 Å². The second-order valence-corrected chi connectivity index (χ2v) is 4.78. The molecule has 0 unspecified atom stereocenters. The number of carbonyl (C=O) groups is 2. The van der Waals surface area contributed by atoms with Crippen molar-refractivity contribution < 1.29 is 9.59 Å². The van der Waals surface area contributed by atoms with E-state index in [9.17, 15) is 9.59 Å². The highest BCUT2D eigenvalue weighted by molar-refractivity contribution is 6.09. The van der Waals surface area contributed by atoms with Gasteiger partial charge in [-0.05, 0) is 11.1 Å². The van der Waals surface area contributed by atoms with Crippen LogP contribution in [0.3, 0.4) is 0 Å². The molecule has 22 heavy (non-hydrogen) atoms. The fraction of sp³-hybridized carbons (Fsp3) is 0.222. The quantitative estimate of drug-likeness (QED) is 0.866. The molecule has 3 rings (SSSR count). The van der Waals surface area contributed by atoms with Crippen LogP contribution in [0, 0.1) is 0 Å². The second kappa shape index (κ2) is 6.43. The summed E-state index contributed by atoms with van der Waals surface area (Å²) in [4.78, 5) is 25.7. The molecule has 1 heterocycles. The minimum atomic E-state index is -1.13. The van der Waals surface area contributed by atoms with Gasteiger partial charge in [0.25, 0.3) is 5.91 Å². The largest absolute Gasteiger partial charge is 0.325 e. The highest BCUT2D eigenvalue weighted by Crippen LogP contribution is 2.35. The van der Waals surface area contributed by atoms with E-state index in [1.54, 1.807) is 0 Å². The molecule has 3 amide bonds. The molecule has 4 nitrogen and oxygen atoms in total. The van der Waals surface area contributed by atoms with Gasteiger partial charge >= 0.3 is 6.03 Å². The normalized spacial score (nSPS) is 15.9. The zero-order valence-corrected chi connectivity index (χ0v) is 13.0. The summed E-state index contributed by atoms with van der Waals surface area (Å²) >= 11 is 0. The first-order valence-corrected chi connectivity index (χ1v) is 7.37. The van der Waals surface area contributed by atoms with Crippen molar-refractivity contribution in [1.29, 1.82) is 0 Å². The lowest BCUT2D eigenvalue weighted by Crippen LogP contribution is -2.44. The Bertz CT molecular complexity index is 614. The third-order valence-electron chi connectivity index (χ3n) is 3.64. The van der Waals surface area contributed by atoms with Gasteiger partial charge in [-0.3, -0.25) is 9.69 Å². The van der Waals surface area contributed by atoms with E-state index >= 15 is 0 Å². The number of likely N-dealkylation sites (N-methyl/N-ethyl adjacent to an activating group) is 1. The molecular weight excluding hydrogens is 276 g/mol. The maximum atomic E-state index is 12.7. The number of amides is 3. The number of hydrogen-bond acceptors (Lipinski definition) is 2. The van der Waals surface area contributed by atoms with Gasteiger partial charge in [0, 0.05) is 7.05 Å². The Kier molecular flexibility index (Phi) is 4.61. The van der Waals surface area contributed by atoms with Crippen LogP contribution in [0.2, 0.25) is 0 Å². The van der Waals surface area contributed by atoms with E-state index in [2.05, 4.69) is 5.32 Å². The number of imide groups is 1. The van der Waals surface area contributed by atoms with Crippen molar-refractivity contribution >= 4 is 11.9 Å². The molecule has 1 aliphatic heterocycles. The van der Waals surface area contributed by atoms with Crippen LogP contribution >= 0.6 is 0 Å². The van der Waals surface area contributed by atoms with Gasteiger partial charge in [0.1, 0.15) is 0 Å². The minimum Gasteiger partial charge on any atom is -0.316 e. The molecule has 2 aromatic rings. The third-order valence-corrected chi connectivity index (χ3v) is 3.64. The topological polar surface area (TPSA) is 49.4 Å². The number of carbonyl (C=O) groups excluding carboxylic acids is 2. The van der Waals surface area contributed by atoms with Crippen LogP contribution < -0.4 is 5.32 Å². The van der Waals surface area contributed by atoms with E-state index in [1.165, 1.54) is 7.05 Å². The van der Waals surface area contributed by atoms with E-state index < -0.39 is 5.54 Å². The van der Waals surface area contributed by atoms with Crippen molar-refractivity contribution in [1.82, 2.24) is 10.2 Å². The van der Waals surface area contributed by atoms with E-state index in [1.807, 2.05) is 74.5 Å². The van der Waals surface area contributed by atoms with Crippen LogP contribution in [-0.4, -0.2) is 23.9 Å². The van der Waals surface area contributed by atoms with Gasteiger partial charge in [-0.25, -0.2) is 4.79 Å². The van der Waals surface area contributed by atoms with Crippen molar-refractivity contribution in [3.8, 4) is 0 Å². The predicted molar refractivity (Wildman–Crippen MR) is 86.3 cm³/mol. The molecule has 1 N–H and O–H groups in total. The summed E-state index contributed by atoms with van der Waals surface area (Å²) in [6.07, 6.45) is 0. The summed E-state index contributed by atoms with van der Waals surface area (Å²) in [6, 6.07) is 18.2. The summed E-state index contributed by atoms with van der Waals surface area (Å²) in [5, 5.41) is 2.84. The summed E-state index contributed by atoms with van der Waals surface area (Å²) < 4.78 is 0. The number of nitrogens with zero attached hydrogens (tertiary/aromatic N) is 1. The van der Waals surface area contributed by atoms with Gasteiger partial charge in [-0.15, -0.1) is 0 Å². The maximum absolute atomic E-state index is 12.7. The number of benzene rings is 2. The van der Waals surface area contributed by atoms with E-state index in [-0.39, 0.29) is 11.9 Å². The molecule has 1 aliphatic rings. The molecule has 114 valence electrons. The van der Waals surface area contributed by atoms with Crippen molar-refractivity contribution in [3.63, 3.8) is 0 Å². The van der Waals surface area contributed by atoms with Crippen molar-refractivity contribution in [2.24, 2.45) is 0 Å². The fourth-order valence-electron chi connectivity index (χ4n) is 2.58. The Morgan fingerprint density at radius 2 is 1.23 bits per heavy atom. The molecule has 0 aliphatic carbocycles. The van der Waals surface area contributed by atoms with Crippen molar-refractivity contribution in [3.05, 3.63) is 71.8 Å². The zero-order valence-electron chi connectivity index (χ0n) is 13.0. The predicted octanol–water partition coefficient (Wildman–Crippen LogP) is 3.14. The lowest BCUT2D eigenvalue weighted by molar-refractivity contribution is -0.129. The Morgan fingerprint density at radius 1 is 0.818 bits per heavy atom. The summed E-state index contributed by atoms with van der Waals surface area (Å²) in [5.74, 6) is -0.264. The molecule has 0 radical (unpaired) electrons. The van der Waals surface area contributed by atoms with Crippen LogP contribution in [0.1, 0.15) is 25.0 Å². The molecule has 0 spiro atoms. The van der Waals surface area contributed by atoms with Crippen LogP contribution in [0.25, 0.3) is 0 Å². The molecule has 1 saturated heterocycles. The zero-order chi connectivity index (χ0) is 16.2. The monoisotopic (exact) mass is 296 g/mol. The van der Waals surface area contributed by atoms with Gasteiger partial charge in [0.2, 0.25) is 0 Å². The summed E-state index contributed by atoms with van der Waals surface area (Å²) in [7, 11) is 1.49. The first-order chi connectivity index (χ1) is 10.7. The molecule has 0 saturated carbocycles. The molecule has 0 atom stereocenters. The molecule has 0 bridgehead atoms. The fourth-order valence-corrected chi connectivity index (χ4v) is 2.58. The van der Waals surface area contributed by atoms with E-state index in [0.29, 0.717) is 0 Å². The highest BCUT2D eigenvalue weighted by Gasteiger charge is 2.52. The van der Waals surface area contributed by atoms with Crippen molar-refractivity contribution in [2.45, 2.75) is 19.4 Å². The second-order valence-electron chi connectivity index (χ2n) is 4.78. The highest BCUT2D eigenvalue weighted by atomic mass is 16.2. The Hall–Kier alpha value is -2.62. The Morgan fingerprint density at radius 3 is 1.55 bits per heavy atom. The van der Waals surface area contributed by atoms with Crippen molar-refractivity contribution in [2.75, 3.05) is 7.05 Å². The first-order valence-electron chi connectivity index (χ1n) is 7.37. The molecule has 4 heteroatoms. The SMILES string of the molecule is CC.CN1C(=O)NC(c2ccccc2)(c2ccccc2)C1=O. The minimum absolute atomic E-state index is 0.264. The Balaban J connectivity index is 0.000000847. The van der Waals surface area contributed by atoms with Gasteiger partial charge in [-0.2, -0.15) is 0 Å². The lowest BCUT2D eigenvalue weighted by atomic mass is 9.83. The first kappa shape index (κ1) is 15.8. The summed E-state index contributed by atoms with van der Waals surface area (Å²) in [5.41, 5.74) is 0.386. The van der Waals surface area contributed by atoms with E-state index in [0.717, 1.165) is 16.0 Å². The number of rotatable bonds is 2.